The normalized spacial score (nSPS) is 29.6. The van der Waals surface area contributed by atoms with Crippen molar-refractivity contribution in [2.24, 2.45) is 5.11 Å². The van der Waals surface area contributed by atoms with Crippen LogP contribution in [0.25, 0.3) is 16.6 Å². The number of azo groups is 2. The second kappa shape index (κ2) is 6.13. The SMILES string of the molecule is C[C@]1(O)CC[C@H](Nc2ncc3c(C4=CC5C=CN=[N+]5C=C4)c[nH]c3n2)CC1. The predicted molar refractivity (Wildman–Crippen MR) is 103 cm³/mol. The maximum absolute atomic E-state index is 10.1. The van der Waals surface area contributed by atoms with E-state index in [1.54, 1.807) is 0 Å². The summed E-state index contributed by atoms with van der Waals surface area (Å²) >= 11 is 0. The van der Waals surface area contributed by atoms with Gasteiger partial charge in [-0.25, -0.2) is 4.98 Å². The highest BCUT2D eigenvalue weighted by Gasteiger charge is 2.29. The van der Waals surface area contributed by atoms with Crippen LogP contribution in [0.5, 0.6) is 0 Å². The van der Waals surface area contributed by atoms with E-state index < -0.39 is 5.60 Å². The summed E-state index contributed by atoms with van der Waals surface area (Å²) in [7, 11) is 0. The van der Waals surface area contributed by atoms with Crippen molar-refractivity contribution in [2.75, 3.05) is 5.32 Å². The topological polar surface area (TPSA) is 89.2 Å². The first-order valence-corrected chi connectivity index (χ1v) is 9.47. The molecule has 1 aliphatic carbocycles. The van der Waals surface area contributed by atoms with Gasteiger partial charge in [-0.05, 0) is 49.4 Å². The fourth-order valence-corrected chi connectivity index (χ4v) is 4.00. The smallest absolute Gasteiger partial charge is 0.224 e. The van der Waals surface area contributed by atoms with Gasteiger partial charge in [-0.15, -0.1) is 0 Å². The van der Waals surface area contributed by atoms with Crippen molar-refractivity contribution in [1.82, 2.24) is 15.0 Å². The summed E-state index contributed by atoms with van der Waals surface area (Å²) in [6.45, 7) is 1.91. The Morgan fingerprint density at radius 3 is 3.04 bits per heavy atom. The van der Waals surface area contributed by atoms with E-state index in [9.17, 15) is 5.11 Å². The lowest BCUT2D eigenvalue weighted by atomic mass is 9.84. The largest absolute Gasteiger partial charge is 0.390 e. The minimum Gasteiger partial charge on any atom is -0.390 e. The minimum absolute atomic E-state index is 0.181. The van der Waals surface area contributed by atoms with Crippen LogP contribution in [-0.4, -0.2) is 42.4 Å². The predicted octanol–water partition coefficient (Wildman–Crippen LogP) is 3.33. The van der Waals surface area contributed by atoms with Gasteiger partial charge in [0.1, 0.15) is 5.65 Å². The molecule has 7 heteroatoms. The molecular weight excluding hydrogens is 340 g/mol. The van der Waals surface area contributed by atoms with Gasteiger partial charge in [-0.3, -0.25) is 0 Å². The van der Waals surface area contributed by atoms with Gasteiger partial charge in [0.25, 0.3) is 0 Å². The third kappa shape index (κ3) is 3.08. The molecule has 1 unspecified atom stereocenters. The molecular formula is C20H23N6O+. The number of aliphatic hydroxyl groups is 1. The van der Waals surface area contributed by atoms with E-state index in [2.05, 4.69) is 43.6 Å². The molecule has 2 aromatic heterocycles. The summed E-state index contributed by atoms with van der Waals surface area (Å²) < 4.78 is 1.93. The summed E-state index contributed by atoms with van der Waals surface area (Å²) in [5, 5.41) is 18.8. The monoisotopic (exact) mass is 363 g/mol. The summed E-state index contributed by atoms with van der Waals surface area (Å²) in [6.07, 6.45) is 17.5. The lowest BCUT2D eigenvalue weighted by molar-refractivity contribution is -0.535. The van der Waals surface area contributed by atoms with Crippen molar-refractivity contribution < 1.29 is 9.80 Å². The number of aromatic nitrogens is 3. The number of nitrogens with one attached hydrogen (secondary N) is 2. The van der Waals surface area contributed by atoms with Gasteiger partial charge in [0.05, 0.1) is 11.8 Å². The zero-order valence-corrected chi connectivity index (χ0v) is 15.3. The van der Waals surface area contributed by atoms with E-state index in [1.165, 1.54) is 0 Å². The third-order valence-corrected chi connectivity index (χ3v) is 5.68. The van der Waals surface area contributed by atoms with Crippen LogP contribution in [0.15, 0.2) is 48.1 Å². The molecule has 2 aromatic rings. The molecule has 27 heavy (non-hydrogen) atoms. The van der Waals surface area contributed by atoms with Crippen LogP contribution in [0, 0.1) is 0 Å². The van der Waals surface area contributed by atoms with Gasteiger partial charge in [0.2, 0.25) is 12.0 Å². The Bertz CT molecular complexity index is 1000. The highest BCUT2D eigenvalue weighted by molar-refractivity contribution is 5.93. The molecule has 0 saturated heterocycles. The number of H-pyrrole nitrogens is 1. The van der Waals surface area contributed by atoms with E-state index in [1.807, 2.05) is 36.4 Å². The van der Waals surface area contributed by atoms with Crippen molar-refractivity contribution in [3.05, 3.63) is 48.6 Å². The van der Waals surface area contributed by atoms with Crippen molar-refractivity contribution >= 4 is 22.6 Å². The number of aromatic amines is 1. The number of fused-ring (bicyclic) bond motifs is 2. The zero-order valence-electron chi connectivity index (χ0n) is 15.3. The summed E-state index contributed by atoms with van der Waals surface area (Å²) in [5.74, 6) is 0.638. The molecule has 0 bridgehead atoms. The first-order chi connectivity index (χ1) is 13.1. The van der Waals surface area contributed by atoms with Crippen LogP contribution in [-0.2, 0) is 0 Å². The van der Waals surface area contributed by atoms with Crippen molar-refractivity contribution in [3.8, 4) is 0 Å². The Balaban J connectivity index is 1.37. The molecule has 0 spiro atoms. The standard InChI is InChI=1S/C20H22N6O/c1-20(27)6-2-14(3-7-20)24-19-22-12-17-16(11-21-18(17)25-19)13-5-9-26-15(10-13)4-8-23-26/h4-5,8-12,14-15,23,27H,2-3,6-7H2,1H3/p+1/t14-,15?,20-. The Kier molecular flexibility index (Phi) is 3.72. The minimum atomic E-state index is -0.532. The van der Waals surface area contributed by atoms with Crippen molar-refractivity contribution in [1.29, 1.82) is 0 Å². The molecule has 4 heterocycles. The van der Waals surface area contributed by atoms with Gasteiger partial charge < -0.3 is 15.4 Å². The van der Waals surface area contributed by atoms with Gasteiger partial charge in [-0.2, -0.15) is 4.98 Å². The zero-order chi connectivity index (χ0) is 18.4. The number of hydrogen-bond donors (Lipinski definition) is 3. The first kappa shape index (κ1) is 16.4. The molecule has 7 nitrogen and oxygen atoms in total. The molecule has 2 aliphatic heterocycles. The van der Waals surface area contributed by atoms with Crippen LogP contribution in [0.4, 0.5) is 5.95 Å². The second-order valence-corrected chi connectivity index (χ2v) is 7.84. The Hall–Kier alpha value is -2.80. The molecule has 138 valence electrons. The second-order valence-electron chi connectivity index (χ2n) is 7.84. The molecule has 5 rings (SSSR count). The molecule has 0 aromatic carbocycles. The van der Waals surface area contributed by atoms with Gasteiger partial charge >= 0.3 is 0 Å². The van der Waals surface area contributed by atoms with Crippen molar-refractivity contribution in [3.63, 3.8) is 0 Å². The molecule has 3 aliphatic rings. The average molecular weight is 363 g/mol. The molecule has 1 fully saturated rings. The van der Waals surface area contributed by atoms with Gasteiger partial charge in [0, 0.05) is 41.5 Å². The third-order valence-electron chi connectivity index (χ3n) is 5.68. The van der Waals surface area contributed by atoms with E-state index in [-0.39, 0.29) is 6.04 Å². The van der Waals surface area contributed by atoms with Crippen LogP contribution in [0.1, 0.15) is 38.2 Å². The van der Waals surface area contributed by atoms with E-state index in [0.717, 1.165) is 47.9 Å². The quantitative estimate of drug-likeness (QED) is 0.730. The van der Waals surface area contributed by atoms with E-state index >= 15 is 0 Å². The van der Waals surface area contributed by atoms with Crippen LogP contribution < -0.4 is 5.32 Å². The number of allylic oxidation sites excluding steroid dienone is 2. The van der Waals surface area contributed by atoms with Crippen LogP contribution in [0.3, 0.4) is 0 Å². The Labute approximate surface area is 157 Å². The fourth-order valence-electron chi connectivity index (χ4n) is 4.00. The highest BCUT2D eigenvalue weighted by Crippen LogP contribution is 2.31. The Morgan fingerprint density at radius 1 is 1.33 bits per heavy atom. The molecule has 3 N–H and O–H groups in total. The van der Waals surface area contributed by atoms with Crippen LogP contribution >= 0.6 is 0 Å². The number of anilines is 1. The molecule has 1 atom stereocenters. The molecule has 1 saturated carbocycles. The van der Waals surface area contributed by atoms with E-state index in [4.69, 9.17) is 0 Å². The lowest BCUT2D eigenvalue weighted by Crippen LogP contribution is -2.36. The lowest BCUT2D eigenvalue weighted by Gasteiger charge is -2.33. The molecule has 0 radical (unpaired) electrons. The number of rotatable bonds is 3. The summed E-state index contributed by atoms with van der Waals surface area (Å²) in [4.78, 5) is 12.5. The van der Waals surface area contributed by atoms with E-state index in [0.29, 0.717) is 12.0 Å². The number of nitrogens with zero attached hydrogens (tertiary/aromatic N) is 4. The molecule has 0 amide bonds. The Morgan fingerprint density at radius 2 is 2.19 bits per heavy atom. The first-order valence-electron chi connectivity index (χ1n) is 9.47. The average Bonchev–Trinajstić information content (AvgIpc) is 3.29. The number of hydrogen-bond acceptors (Lipinski definition) is 5. The summed E-state index contributed by atoms with van der Waals surface area (Å²) in [6, 6.07) is 0.491. The van der Waals surface area contributed by atoms with Gasteiger partial charge in [0.15, 0.2) is 6.20 Å². The van der Waals surface area contributed by atoms with Crippen molar-refractivity contribution in [2.45, 2.75) is 50.3 Å². The fraction of sp³-hybridized carbons (Fsp3) is 0.400. The van der Waals surface area contributed by atoms with Gasteiger partial charge in [-0.1, -0.05) is 4.70 Å². The highest BCUT2D eigenvalue weighted by atomic mass is 16.3. The maximum atomic E-state index is 10.1. The maximum Gasteiger partial charge on any atom is 0.224 e. The summed E-state index contributed by atoms with van der Waals surface area (Å²) in [5.41, 5.74) is 2.54. The van der Waals surface area contributed by atoms with Crippen LogP contribution in [0.2, 0.25) is 0 Å².